The third kappa shape index (κ3) is 2.61. The van der Waals surface area contributed by atoms with Crippen molar-refractivity contribution in [2.45, 2.75) is 13.3 Å². The Hall–Kier alpha value is -2.05. The molecule has 1 aromatic rings. The van der Waals surface area contributed by atoms with Crippen molar-refractivity contribution in [2.75, 3.05) is 36.9 Å². The summed E-state index contributed by atoms with van der Waals surface area (Å²) >= 11 is 0. The minimum atomic E-state index is 0.0511. The number of nitrogen functional groups attached to an aromatic ring is 1. The van der Waals surface area contributed by atoms with Crippen LogP contribution in [0.4, 0.5) is 11.5 Å². The van der Waals surface area contributed by atoms with Gasteiger partial charge in [-0.3, -0.25) is 4.79 Å². The molecule has 1 aliphatic rings. The summed E-state index contributed by atoms with van der Waals surface area (Å²) in [6.45, 7) is 4.24. The van der Waals surface area contributed by atoms with Crippen molar-refractivity contribution in [3.63, 3.8) is 0 Å². The maximum Gasteiger partial charge on any atom is 0.242 e. The number of amides is 1. The molecule has 1 aliphatic heterocycles. The van der Waals surface area contributed by atoms with Crippen LogP contribution in [0.5, 0.6) is 5.88 Å². The molecule has 2 rings (SSSR count). The van der Waals surface area contributed by atoms with Crippen molar-refractivity contribution < 1.29 is 9.53 Å². The first-order valence-corrected chi connectivity index (χ1v) is 5.97. The van der Waals surface area contributed by atoms with E-state index in [2.05, 4.69) is 15.3 Å². The highest BCUT2D eigenvalue weighted by molar-refractivity contribution is 5.78. The third-order valence-corrected chi connectivity index (χ3v) is 2.72. The van der Waals surface area contributed by atoms with Crippen molar-refractivity contribution >= 4 is 17.4 Å². The van der Waals surface area contributed by atoms with Gasteiger partial charge < -0.3 is 20.7 Å². The number of nitrogens with zero attached hydrogens (tertiary/aromatic N) is 3. The molecule has 0 unspecified atom stereocenters. The van der Waals surface area contributed by atoms with Gasteiger partial charge in [0.05, 0.1) is 6.61 Å². The van der Waals surface area contributed by atoms with Crippen molar-refractivity contribution in [1.82, 2.24) is 15.3 Å². The molecule has 0 aliphatic carbocycles. The molecular weight excluding hydrogens is 234 g/mol. The number of nitrogens with two attached hydrogens (primary N) is 1. The van der Waals surface area contributed by atoms with Crippen molar-refractivity contribution in [3.8, 4) is 5.88 Å². The fourth-order valence-corrected chi connectivity index (χ4v) is 1.85. The van der Waals surface area contributed by atoms with Crippen LogP contribution in [0.3, 0.4) is 0 Å². The van der Waals surface area contributed by atoms with E-state index in [0.717, 1.165) is 0 Å². The lowest BCUT2D eigenvalue weighted by atomic mass is 10.3. The van der Waals surface area contributed by atoms with Crippen LogP contribution in [0.15, 0.2) is 6.33 Å². The van der Waals surface area contributed by atoms with Gasteiger partial charge in [0.1, 0.15) is 12.0 Å². The highest BCUT2D eigenvalue weighted by atomic mass is 16.5. The van der Waals surface area contributed by atoms with Gasteiger partial charge in [0.25, 0.3) is 0 Å². The minimum Gasteiger partial charge on any atom is -0.476 e. The van der Waals surface area contributed by atoms with Crippen molar-refractivity contribution in [1.29, 1.82) is 0 Å². The van der Waals surface area contributed by atoms with Gasteiger partial charge in [-0.1, -0.05) is 0 Å². The molecule has 2 heterocycles. The van der Waals surface area contributed by atoms with E-state index in [1.807, 2.05) is 11.8 Å². The number of hydrogen-bond acceptors (Lipinski definition) is 6. The van der Waals surface area contributed by atoms with Gasteiger partial charge >= 0.3 is 0 Å². The molecule has 0 bridgehead atoms. The second-order valence-corrected chi connectivity index (χ2v) is 3.94. The first-order valence-electron chi connectivity index (χ1n) is 5.97. The second-order valence-electron chi connectivity index (χ2n) is 3.94. The maximum absolute atomic E-state index is 11.3. The van der Waals surface area contributed by atoms with Crippen LogP contribution >= 0.6 is 0 Å². The zero-order chi connectivity index (χ0) is 13.0. The van der Waals surface area contributed by atoms with E-state index in [0.29, 0.717) is 50.0 Å². The molecule has 0 radical (unpaired) electrons. The summed E-state index contributed by atoms with van der Waals surface area (Å²) in [5, 5.41) is 2.81. The number of anilines is 2. The lowest BCUT2D eigenvalue weighted by Gasteiger charge is -2.22. The molecule has 18 heavy (non-hydrogen) atoms. The monoisotopic (exact) mass is 251 g/mol. The molecule has 0 atom stereocenters. The van der Waals surface area contributed by atoms with E-state index in [4.69, 9.17) is 10.5 Å². The Balaban J connectivity index is 2.21. The molecule has 1 saturated heterocycles. The smallest absolute Gasteiger partial charge is 0.242 e. The summed E-state index contributed by atoms with van der Waals surface area (Å²) < 4.78 is 5.34. The van der Waals surface area contributed by atoms with E-state index in [1.54, 1.807) is 0 Å². The molecule has 98 valence electrons. The molecule has 0 aromatic carbocycles. The zero-order valence-electron chi connectivity index (χ0n) is 10.3. The molecule has 3 N–H and O–H groups in total. The number of aromatic nitrogens is 2. The van der Waals surface area contributed by atoms with Gasteiger partial charge in [-0.05, 0) is 6.92 Å². The predicted molar refractivity (Wildman–Crippen MR) is 67.5 cm³/mol. The van der Waals surface area contributed by atoms with Gasteiger partial charge in [0.15, 0.2) is 5.82 Å². The Labute approximate surface area is 105 Å². The summed E-state index contributed by atoms with van der Waals surface area (Å²) in [4.78, 5) is 21.4. The predicted octanol–water partition coefficient (Wildman–Crippen LogP) is -0.216. The highest BCUT2D eigenvalue weighted by Crippen LogP contribution is 2.27. The summed E-state index contributed by atoms with van der Waals surface area (Å²) in [6, 6.07) is 0. The quantitative estimate of drug-likeness (QED) is 0.771. The van der Waals surface area contributed by atoms with Crippen LogP contribution in [0.1, 0.15) is 13.3 Å². The van der Waals surface area contributed by atoms with E-state index in [9.17, 15) is 4.79 Å². The molecule has 7 nitrogen and oxygen atoms in total. The fraction of sp³-hybridized carbons (Fsp3) is 0.545. The number of ether oxygens (including phenoxy) is 1. The lowest BCUT2D eigenvalue weighted by molar-refractivity contribution is -0.120. The van der Waals surface area contributed by atoms with Gasteiger partial charge in [0, 0.05) is 26.1 Å². The first kappa shape index (κ1) is 12.4. The highest BCUT2D eigenvalue weighted by Gasteiger charge is 2.19. The summed E-state index contributed by atoms with van der Waals surface area (Å²) in [5.74, 6) is 1.08. The number of carbonyl (C=O) groups excluding carboxylic acids is 1. The molecule has 1 fully saturated rings. The van der Waals surface area contributed by atoms with Crippen LogP contribution < -0.4 is 20.7 Å². The molecule has 0 spiro atoms. The Morgan fingerprint density at radius 3 is 3.11 bits per heavy atom. The van der Waals surface area contributed by atoms with E-state index < -0.39 is 0 Å². The topological polar surface area (TPSA) is 93.4 Å². The number of nitrogens with one attached hydrogen (secondary N) is 1. The van der Waals surface area contributed by atoms with E-state index >= 15 is 0 Å². The Bertz CT molecular complexity index is 437. The van der Waals surface area contributed by atoms with Gasteiger partial charge in [-0.25, -0.2) is 4.98 Å². The second kappa shape index (κ2) is 5.52. The zero-order valence-corrected chi connectivity index (χ0v) is 10.3. The Morgan fingerprint density at radius 2 is 2.33 bits per heavy atom. The third-order valence-electron chi connectivity index (χ3n) is 2.72. The van der Waals surface area contributed by atoms with Crippen LogP contribution in [0.2, 0.25) is 0 Å². The van der Waals surface area contributed by atoms with Crippen LogP contribution in [0.25, 0.3) is 0 Å². The van der Waals surface area contributed by atoms with Crippen molar-refractivity contribution in [2.24, 2.45) is 0 Å². The lowest BCUT2D eigenvalue weighted by Crippen LogP contribution is -2.29. The molecular formula is C11H17N5O2. The molecule has 7 heteroatoms. The van der Waals surface area contributed by atoms with Crippen LogP contribution in [-0.4, -0.2) is 42.1 Å². The van der Waals surface area contributed by atoms with Gasteiger partial charge in [-0.15, -0.1) is 0 Å². The summed E-state index contributed by atoms with van der Waals surface area (Å²) in [6.07, 6.45) is 1.87. The largest absolute Gasteiger partial charge is 0.476 e. The van der Waals surface area contributed by atoms with E-state index in [-0.39, 0.29) is 5.91 Å². The van der Waals surface area contributed by atoms with Gasteiger partial charge in [0.2, 0.25) is 11.8 Å². The average Bonchev–Trinajstić information content (AvgIpc) is 2.57. The Morgan fingerprint density at radius 1 is 1.50 bits per heavy atom. The number of rotatable bonds is 3. The standard InChI is InChI=1S/C11H17N5O2/c1-2-18-11-9(12)10(14-7-15-11)16-5-3-8(17)13-4-6-16/h7H,2-6,12H2,1H3,(H,13,17). The number of hydrogen-bond donors (Lipinski definition) is 2. The summed E-state index contributed by atoms with van der Waals surface area (Å²) in [5.41, 5.74) is 6.41. The molecule has 1 amide bonds. The van der Waals surface area contributed by atoms with Gasteiger partial charge in [-0.2, -0.15) is 4.98 Å². The minimum absolute atomic E-state index is 0.0511. The average molecular weight is 251 g/mol. The van der Waals surface area contributed by atoms with Crippen LogP contribution in [0, 0.1) is 0 Å². The maximum atomic E-state index is 11.3. The first-order chi connectivity index (χ1) is 8.72. The Kier molecular flexibility index (Phi) is 3.81. The van der Waals surface area contributed by atoms with Crippen molar-refractivity contribution in [3.05, 3.63) is 6.33 Å². The number of carbonyl (C=O) groups is 1. The SMILES string of the molecule is CCOc1ncnc(N2CCNC(=O)CC2)c1N. The summed E-state index contributed by atoms with van der Waals surface area (Å²) in [7, 11) is 0. The van der Waals surface area contributed by atoms with Crippen LogP contribution in [-0.2, 0) is 4.79 Å². The van der Waals surface area contributed by atoms with E-state index in [1.165, 1.54) is 6.33 Å². The molecule has 0 saturated carbocycles. The molecule has 1 aromatic heterocycles. The normalized spacial score (nSPS) is 16.1. The fourth-order valence-electron chi connectivity index (χ4n) is 1.85.